The SMILES string of the molecule is CCOc1ccc(C(=O)NCC(=O)OCC(=O)N2C[C@@H](C)C[C@H](C)C2)cc1. The second-order valence-electron chi connectivity index (χ2n) is 7.05. The number of carbonyl (C=O) groups excluding carboxylic acids is 3. The van der Waals surface area contributed by atoms with Crippen LogP contribution in [0.3, 0.4) is 0 Å². The summed E-state index contributed by atoms with van der Waals surface area (Å²) in [5.41, 5.74) is 0.415. The van der Waals surface area contributed by atoms with Gasteiger partial charge in [0.25, 0.3) is 11.8 Å². The normalized spacial score (nSPS) is 19.3. The largest absolute Gasteiger partial charge is 0.494 e. The van der Waals surface area contributed by atoms with Crippen molar-refractivity contribution in [2.75, 3.05) is 32.8 Å². The highest BCUT2D eigenvalue weighted by Crippen LogP contribution is 2.20. The summed E-state index contributed by atoms with van der Waals surface area (Å²) in [6.07, 6.45) is 1.10. The summed E-state index contributed by atoms with van der Waals surface area (Å²) in [6, 6.07) is 6.62. The summed E-state index contributed by atoms with van der Waals surface area (Å²) in [5, 5.41) is 2.49. The Labute approximate surface area is 160 Å². The van der Waals surface area contributed by atoms with Crippen LogP contribution in [0, 0.1) is 11.8 Å². The van der Waals surface area contributed by atoms with E-state index >= 15 is 0 Å². The van der Waals surface area contributed by atoms with Crippen molar-refractivity contribution in [2.45, 2.75) is 27.2 Å². The number of likely N-dealkylation sites (tertiary alicyclic amines) is 1. The number of nitrogens with zero attached hydrogens (tertiary/aromatic N) is 1. The maximum absolute atomic E-state index is 12.2. The molecule has 148 valence electrons. The Balaban J connectivity index is 1.72. The first-order chi connectivity index (χ1) is 12.9. The van der Waals surface area contributed by atoms with Crippen LogP contribution >= 0.6 is 0 Å². The van der Waals surface area contributed by atoms with Gasteiger partial charge in [-0.15, -0.1) is 0 Å². The van der Waals surface area contributed by atoms with Crippen molar-refractivity contribution in [3.8, 4) is 5.75 Å². The molecule has 0 aromatic heterocycles. The molecule has 7 nitrogen and oxygen atoms in total. The lowest BCUT2D eigenvalue weighted by Crippen LogP contribution is -2.44. The highest BCUT2D eigenvalue weighted by atomic mass is 16.5. The summed E-state index contributed by atoms with van der Waals surface area (Å²) in [5.74, 6) is 0.345. The van der Waals surface area contributed by atoms with E-state index in [2.05, 4.69) is 19.2 Å². The molecule has 2 amide bonds. The molecule has 0 aliphatic carbocycles. The van der Waals surface area contributed by atoms with E-state index in [0.29, 0.717) is 42.8 Å². The zero-order valence-corrected chi connectivity index (χ0v) is 16.2. The van der Waals surface area contributed by atoms with Gasteiger partial charge in [-0.3, -0.25) is 14.4 Å². The molecule has 0 bridgehead atoms. The maximum atomic E-state index is 12.2. The molecule has 0 unspecified atom stereocenters. The topological polar surface area (TPSA) is 84.9 Å². The Morgan fingerprint density at radius 2 is 1.74 bits per heavy atom. The highest BCUT2D eigenvalue weighted by Gasteiger charge is 2.25. The Bertz CT molecular complexity index is 649. The fraction of sp³-hybridized carbons (Fsp3) is 0.550. The predicted octanol–water partition coefficient (Wildman–Crippen LogP) is 1.86. The van der Waals surface area contributed by atoms with Crippen LogP contribution in [0.2, 0.25) is 0 Å². The molecule has 1 aromatic rings. The van der Waals surface area contributed by atoms with Crippen LogP contribution < -0.4 is 10.1 Å². The predicted molar refractivity (Wildman–Crippen MR) is 100 cm³/mol. The molecule has 0 radical (unpaired) electrons. The number of hydrogen-bond donors (Lipinski definition) is 1. The summed E-state index contributed by atoms with van der Waals surface area (Å²) < 4.78 is 10.3. The van der Waals surface area contributed by atoms with Gasteiger partial charge in [0.2, 0.25) is 0 Å². The van der Waals surface area contributed by atoms with Crippen molar-refractivity contribution < 1.29 is 23.9 Å². The Morgan fingerprint density at radius 1 is 1.11 bits per heavy atom. The van der Waals surface area contributed by atoms with Crippen LogP contribution in [0.5, 0.6) is 5.75 Å². The van der Waals surface area contributed by atoms with Gasteiger partial charge in [0.1, 0.15) is 12.3 Å². The second kappa shape index (κ2) is 9.94. The van der Waals surface area contributed by atoms with E-state index in [9.17, 15) is 14.4 Å². The highest BCUT2D eigenvalue weighted by molar-refractivity contribution is 5.96. The molecule has 1 N–H and O–H groups in total. The molecule has 1 fully saturated rings. The van der Waals surface area contributed by atoms with Crippen molar-refractivity contribution in [1.29, 1.82) is 0 Å². The lowest BCUT2D eigenvalue weighted by atomic mass is 9.92. The van der Waals surface area contributed by atoms with Crippen molar-refractivity contribution in [2.24, 2.45) is 11.8 Å². The smallest absolute Gasteiger partial charge is 0.325 e. The third kappa shape index (κ3) is 6.58. The zero-order chi connectivity index (χ0) is 19.8. The minimum absolute atomic E-state index is 0.195. The van der Waals surface area contributed by atoms with Crippen molar-refractivity contribution in [3.05, 3.63) is 29.8 Å². The fourth-order valence-corrected chi connectivity index (χ4v) is 3.27. The van der Waals surface area contributed by atoms with E-state index in [-0.39, 0.29) is 25.0 Å². The van der Waals surface area contributed by atoms with Gasteiger partial charge in [-0.1, -0.05) is 13.8 Å². The van der Waals surface area contributed by atoms with Gasteiger partial charge in [-0.05, 0) is 49.4 Å². The van der Waals surface area contributed by atoms with E-state index < -0.39 is 5.97 Å². The van der Waals surface area contributed by atoms with Gasteiger partial charge in [0.15, 0.2) is 6.61 Å². The molecule has 1 saturated heterocycles. The first-order valence-corrected chi connectivity index (χ1v) is 9.33. The van der Waals surface area contributed by atoms with Crippen LogP contribution in [-0.4, -0.2) is 55.5 Å². The molecular weight excluding hydrogens is 348 g/mol. The Morgan fingerprint density at radius 3 is 2.33 bits per heavy atom. The van der Waals surface area contributed by atoms with Crippen LogP contribution in [0.15, 0.2) is 24.3 Å². The number of amides is 2. The lowest BCUT2D eigenvalue weighted by Gasteiger charge is -2.34. The minimum atomic E-state index is -0.638. The summed E-state index contributed by atoms with van der Waals surface area (Å²) in [7, 11) is 0. The lowest BCUT2D eigenvalue weighted by molar-refractivity contribution is -0.152. The molecule has 2 rings (SSSR count). The average molecular weight is 376 g/mol. The molecule has 0 spiro atoms. The third-order valence-corrected chi connectivity index (χ3v) is 4.40. The molecule has 1 aliphatic rings. The molecule has 27 heavy (non-hydrogen) atoms. The number of esters is 1. The number of benzene rings is 1. The van der Waals surface area contributed by atoms with Crippen LogP contribution in [0.1, 0.15) is 37.6 Å². The summed E-state index contributed by atoms with van der Waals surface area (Å²) in [4.78, 5) is 37.8. The third-order valence-electron chi connectivity index (χ3n) is 4.40. The van der Waals surface area contributed by atoms with Crippen LogP contribution in [-0.2, 0) is 14.3 Å². The van der Waals surface area contributed by atoms with E-state index in [1.165, 1.54) is 0 Å². The monoisotopic (exact) mass is 376 g/mol. The molecule has 1 aromatic carbocycles. The number of ether oxygens (including phenoxy) is 2. The molecule has 1 aliphatic heterocycles. The zero-order valence-electron chi connectivity index (χ0n) is 16.2. The number of nitrogens with one attached hydrogen (secondary N) is 1. The van der Waals surface area contributed by atoms with E-state index in [0.717, 1.165) is 6.42 Å². The first kappa shape index (κ1) is 20.7. The van der Waals surface area contributed by atoms with Crippen LogP contribution in [0.25, 0.3) is 0 Å². The summed E-state index contributed by atoms with van der Waals surface area (Å²) >= 11 is 0. The van der Waals surface area contributed by atoms with E-state index in [1.807, 2.05) is 6.92 Å². The molecular formula is C20H28N2O5. The van der Waals surface area contributed by atoms with Crippen molar-refractivity contribution in [3.63, 3.8) is 0 Å². The second-order valence-corrected chi connectivity index (χ2v) is 7.05. The van der Waals surface area contributed by atoms with Gasteiger partial charge in [0, 0.05) is 18.7 Å². The van der Waals surface area contributed by atoms with Crippen LogP contribution in [0.4, 0.5) is 0 Å². The number of carbonyl (C=O) groups is 3. The Kier molecular flexibility index (Phi) is 7.64. The van der Waals surface area contributed by atoms with Crippen molar-refractivity contribution >= 4 is 17.8 Å². The maximum Gasteiger partial charge on any atom is 0.325 e. The van der Waals surface area contributed by atoms with Gasteiger partial charge in [0.05, 0.1) is 6.61 Å². The van der Waals surface area contributed by atoms with E-state index in [4.69, 9.17) is 9.47 Å². The summed E-state index contributed by atoms with van der Waals surface area (Å²) in [6.45, 7) is 7.44. The number of rotatable bonds is 7. The van der Waals surface area contributed by atoms with Gasteiger partial charge in [-0.25, -0.2) is 0 Å². The van der Waals surface area contributed by atoms with E-state index in [1.54, 1.807) is 29.2 Å². The Hall–Kier alpha value is -2.57. The molecule has 7 heteroatoms. The minimum Gasteiger partial charge on any atom is -0.494 e. The standard InChI is InChI=1S/C20H28N2O5/c1-4-26-17-7-5-16(6-8-17)20(25)21-10-19(24)27-13-18(23)22-11-14(2)9-15(3)12-22/h5-8,14-15H,4,9-13H2,1-3H3,(H,21,25)/t14-,15-/m0/s1. The van der Waals surface area contributed by atoms with Crippen molar-refractivity contribution in [1.82, 2.24) is 10.2 Å². The van der Waals surface area contributed by atoms with Gasteiger partial charge < -0.3 is 19.7 Å². The number of piperidine rings is 1. The first-order valence-electron chi connectivity index (χ1n) is 9.33. The molecule has 0 saturated carbocycles. The average Bonchev–Trinajstić information content (AvgIpc) is 2.64. The molecule has 2 atom stereocenters. The molecule has 1 heterocycles. The quantitative estimate of drug-likeness (QED) is 0.734. The number of hydrogen-bond acceptors (Lipinski definition) is 5. The fourth-order valence-electron chi connectivity index (χ4n) is 3.27. The van der Waals surface area contributed by atoms with Gasteiger partial charge >= 0.3 is 5.97 Å². The van der Waals surface area contributed by atoms with Gasteiger partial charge in [-0.2, -0.15) is 0 Å².